The number of nitrogens with one attached hydrogen (secondary N) is 1. The molecule has 0 spiro atoms. The summed E-state index contributed by atoms with van der Waals surface area (Å²) in [4.78, 5) is 22.9. The highest BCUT2D eigenvalue weighted by atomic mass is 19.4. The van der Waals surface area contributed by atoms with E-state index < -0.39 is 28.4 Å². The molecule has 3 aromatic rings. The lowest BCUT2D eigenvalue weighted by Gasteiger charge is -2.10. The molecule has 1 amide bonds. The van der Waals surface area contributed by atoms with E-state index in [9.17, 15) is 28.1 Å². The van der Waals surface area contributed by atoms with Gasteiger partial charge >= 0.3 is 6.18 Å². The van der Waals surface area contributed by atoms with Crippen molar-refractivity contribution in [2.24, 2.45) is 7.05 Å². The van der Waals surface area contributed by atoms with Gasteiger partial charge in [-0.1, -0.05) is 18.2 Å². The van der Waals surface area contributed by atoms with Gasteiger partial charge in [0.25, 0.3) is 11.6 Å². The Kier molecular flexibility index (Phi) is 5.45. The van der Waals surface area contributed by atoms with Crippen LogP contribution in [-0.4, -0.2) is 20.6 Å². The summed E-state index contributed by atoms with van der Waals surface area (Å²) in [6.45, 7) is 1.79. The molecule has 156 valence electrons. The van der Waals surface area contributed by atoms with E-state index in [2.05, 4.69) is 10.4 Å². The summed E-state index contributed by atoms with van der Waals surface area (Å²) in [6, 6.07) is 11.1. The number of carbonyl (C=O) groups is 1. The second-order valence-electron chi connectivity index (χ2n) is 6.33. The number of hydrogen-bond acceptors (Lipinski definition) is 5. The van der Waals surface area contributed by atoms with E-state index >= 15 is 0 Å². The largest absolute Gasteiger partial charge is 0.457 e. The maximum absolute atomic E-state index is 12.9. The number of ether oxygens (including phenoxy) is 1. The topological polar surface area (TPSA) is 99.3 Å². The number of benzene rings is 2. The molecule has 1 heterocycles. The average Bonchev–Trinajstić information content (AvgIpc) is 3.06. The van der Waals surface area contributed by atoms with Gasteiger partial charge in [0.05, 0.1) is 16.7 Å². The second-order valence-corrected chi connectivity index (χ2v) is 6.33. The summed E-state index contributed by atoms with van der Waals surface area (Å²) < 4.78 is 44.9. The molecule has 1 N–H and O–H groups in total. The van der Waals surface area contributed by atoms with Crippen LogP contribution in [0.5, 0.6) is 11.5 Å². The summed E-state index contributed by atoms with van der Waals surface area (Å²) in [5.74, 6) is -0.427. The van der Waals surface area contributed by atoms with E-state index in [0.29, 0.717) is 16.5 Å². The Balaban J connectivity index is 1.90. The first-order valence-electron chi connectivity index (χ1n) is 8.50. The van der Waals surface area contributed by atoms with Gasteiger partial charge in [0.15, 0.2) is 5.69 Å². The van der Waals surface area contributed by atoms with Crippen LogP contribution in [0, 0.1) is 17.0 Å². The van der Waals surface area contributed by atoms with Gasteiger partial charge in [-0.05, 0) is 18.6 Å². The van der Waals surface area contributed by atoms with Gasteiger partial charge < -0.3 is 10.1 Å². The molecule has 8 nitrogen and oxygen atoms in total. The van der Waals surface area contributed by atoms with Crippen LogP contribution in [0.25, 0.3) is 0 Å². The van der Waals surface area contributed by atoms with Gasteiger partial charge in [-0.25, -0.2) is 0 Å². The first-order chi connectivity index (χ1) is 14.0. The minimum Gasteiger partial charge on any atom is -0.457 e. The highest BCUT2D eigenvalue weighted by Gasteiger charge is 2.35. The summed E-state index contributed by atoms with van der Waals surface area (Å²) in [6.07, 6.45) is -4.68. The second kappa shape index (κ2) is 7.85. The molecule has 0 saturated carbocycles. The van der Waals surface area contributed by atoms with Crippen molar-refractivity contribution < 1.29 is 27.6 Å². The Morgan fingerprint density at radius 3 is 2.50 bits per heavy atom. The molecule has 0 radical (unpaired) electrons. The number of anilines is 1. The fourth-order valence-electron chi connectivity index (χ4n) is 2.66. The molecule has 0 aliphatic rings. The third kappa shape index (κ3) is 4.57. The zero-order chi connectivity index (χ0) is 22.1. The number of aromatic nitrogens is 2. The zero-order valence-corrected chi connectivity index (χ0v) is 15.7. The van der Waals surface area contributed by atoms with Gasteiger partial charge in [-0.2, -0.15) is 18.3 Å². The lowest BCUT2D eigenvalue weighted by molar-refractivity contribution is -0.384. The Labute approximate surface area is 168 Å². The number of carbonyl (C=O) groups excluding carboxylic acids is 1. The van der Waals surface area contributed by atoms with E-state index in [1.807, 2.05) is 0 Å². The summed E-state index contributed by atoms with van der Waals surface area (Å²) >= 11 is 0. The lowest BCUT2D eigenvalue weighted by Crippen LogP contribution is -2.13. The van der Waals surface area contributed by atoms with Crippen molar-refractivity contribution in [3.63, 3.8) is 0 Å². The maximum atomic E-state index is 12.9. The molecule has 0 fully saturated rings. The Morgan fingerprint density at radius 1 is 1.20 bits per heavy atom. The molecular formula is C19H15F3N4O4. The number of nitro benzene ring substituents is 1. The van der Waals surface area contributed by atoms with Gasteiger partial charge in [-0.3, -0.25) is 19.6 Å². The van der Waals surface area contributed by atoms with Crippen LogP contribution in [0.1, 0.15) is 21.7 Å². The van der Waals surface area contributed by atoms with Crippen LogP contribution >= 0.6 is 0 Å². The number of hydrogen-bond donors (Lipinski definition) is 1. The number of nitrogens with zero attached hydrogens (tertiary/aromatic N) is 3. The predicted octanol–water partition coefficient (Wildman–Crippen LogP) is 4.70. The number of nitro groups is 1. The van der Waals surface area contributed by atoms with E-state index in [0.717, 1.165) is 18.7 Å². The molecular weight excluding hydrogens is 405 g/mol. The normalized spacial score (nSPS) is 11.2. The summed E-state index contributed by atoms with van der Waals surface area (Å²) in [5, 5.41) is 17.1. The van der Waals surface area contributed by atoms with Gasteiger partial charge in [0, 0.05) is 25.2 Å². The minimum absolute atomic E-state index is 0.0306. The van der Waals surface area contributed by atoms with Crippen molar-refractivity contribution in [1.82, 2.24) is 9.78 Å². The molecule has 3 rings (SSSR count). The Bertz CT molecular complexity index is 1130. The van der Waals surface area contributed by atoms with Crippen molar-refractivity contribution in [2.45, 2.75) is 13.1 Å². The number of amides is 1. The number of rotatable bonds is 5. The fourth-order valence-corrected chi connectivity index (χ4v) is 2.66. The zero-order valence-electron chi connectivity index (χ0n) is 15.7. The molecule has 0 saturated heterocycles. The molecule has 0 unspecified atom stereocenters. The number of alkyl halides is 3. The van der Waals surface area contributed by atoms with Crippen LogP contribution in [-0.2, 0) is 13.2 Å². The van der Waals surface area contributed by atoms with Crippen molar-refractivity contribution in [2.75, 3.05) is 5.32 Å². The van der Waals surface area contributed by atoms with Crippen LogP contribution in [0.2, 0.25) is 0 Å². The number of halogens is 3. The van der Waals surface area contributed by atoms with Crippen LogP contribution in [0.4, 0.5) is 24.5 Å². The van der Waals surface area contributed by atoms with Crippen molar-refractivity contribution in [1.29, 1.82) is 0 Å². The van der Waals surface area contributed by atoms with E-state index in [-0.39, 0.29) is 17.1 Å². The highest BCUT2D eigenvalue weighted by molar-refractivity contribution is 6.03. The molecule has 0 aliphatic carbocycles. The van der Waals surface area contributed by atoms with Crippen molar-refractivity contribution >= 4 is 17.3 Å². The third-order valence-electron chi connectivity index (χ3n) is 4.08. The van der Waals surface area contributed by atoms with Gasteiger partial charge in [0.2, 0.25) is 0 Å². The Hall–Kier alpha value is -3.89. The number of non-ortho nitro benzene ring substituents is 1. The van der Waals surface area contributed by atoms with Crippen molar-refractivity contribution in [3.8, 4) is 11.5 Å². The predicted molar refractivity (Wildman–Crippen MR) is 101 cm³/mol. The first kappa shape index (κ1) is 20.8. The summed E-state index contributed by atoms with van der Waals surface area (Å²) in [7, 11) is 1.06. The lowest BCUT2D eigenvalue weighted by atomic mass is 10.2. The highest BCUT2D eigenvalue weighted by Crippen LogP contribution is 2.32. The smallest absolute Gasteiger partial charge is 0.433 e. The van der Waals surface area contributed by atoms with Crippen molar-refractivity contribution in [3.05, 3.63) is 75.6 Å². The number of para-hydroxylation sites is 1. The molecule has 30 heavy (non-hydrogen) atoms. The molecule has 0 aliphatic heterocycles. The fraction of sp³-hybridized carbons (Fsp3) is 0.158. The van der Waals surface area contributed by atoms with Crippen LogP contribution in [0.15, 0.2) is 48.5 Å². The molecule has 11 heteroatoms. The number of aryl methyl sites for hydroxylation is 2. The maximum Gasteiger partial charge on any atom is 0.433 e. The molecule has 0 atom stereocenters. The average molecular weight is 420 g/mol. The third-order valence-corrected chi connectivity index (χ3v) is 4.08. The molecule has 2 aromatic carbocycles. The van der Waals surface area contributed by atoms with E-state index in [1.165, 1.54) is 12.1 Å². The van der Waals surface area contributed by atoms with Crippen LogP contribution < -0.4 is 10.1 Å². The SMILES string of the molecule is Cc1ccccc1Oc1cc(NC(=O)c2cc(C(F)(F)F)n(C)n2)cc([N+](=O)[O-])c1. The van der Waals surface area contributed by atoms with Crippen LogP contribution in [0.3, 0.4) is 0 Å². The standard InChI is InChI=1S/C19H15F3N4O4/c1-11-5-3-4-6-16(11)30-14-8-12(7-13(9-14)26(28)29)23-18(27)15-10-17(19(20,21)22)25(2)24-15/h3-10H,1-2H3,(H,23,27). The molecule has 1 aromatic heterocycles. The minimum atomic E-state index is -4.68. The first-order valence-corrected chi connectivity index (χ1v) is 8.50. The summed E-state index contributed by atoms with van der Waals surface area (Å²) in [5.41, 5.74) is -1.21. The van der Waals surface area contributed by atoms with E-state index in [1.54, 1.807) is 31.2 Å². The quantitative estimate of drug-likeness (QED) is 0.476. The van der Waals surface area contributed by atoms with Gasteiger partial charge in [0.1, 0.15) is 17.2 Å². The monoisotopic (exact) mass is 420 g/mol. The molecule has 0 bridgehead atoms. The Morgan fingerprint density at radius 2 is 1.90 bits per heavy atom. The van der Waals surface area contributed by atoms with Gasteiger partial charge in [-0.15, -0.1) is 0 Å². The van der Waals surface area contributed by atoms with E-state index in [4.69, 9.17) is 4.74 Å².